The van der Waals surface area contributed by atoms with E-state index in [1.807, 2.05) is 6.92 Å². The van der Waals surface area contributed by atoms with Crippen LogP contribution in [0.1, 0.15) is 26.2 Å². The van der Waals surface area contributed by atoms with Crippen LogP contribution in [-0.2, 0) is 4.79 Å². The van der Waals surface area contributed by atoms with Crippen molar-refractivity contribution in [1.29, 1.82) is 0 Å². The van der Waals surface area contributed by atoms with Crippen molar-refractivity contribution < 1.29 is 27.9 Å². The third-order valence-electron chi connectivity index (χ3n) is 3.27. The highest BCUT2D eigenvalue weighted by Crippen LogP contribution is 2.25. The molecule has 110 valence electrons. The van der Waals surface area contributed by atoms with Gasteiger partial charge in [-0.25, -0.2) is 9.59 Å². The first-order chi connectivity index (χ1) is 8.74. The molecule has 1 aliphatic rings. The minimum absolute atomic E-state index is 0.166. The summed E-state index contributed by atoms with van der Waals surface area (Å²) in [4.78, 5) is 23.7. The number of carbonyl (C=O) groups excluding carboxylic acids is 1. The minimum atomic E-state index is -4.50. The molecule has 2 N–H and O–H groups in total. The van der Waals surface area contributed by atoms with Gasteiger partial charge in [-0.15, -0.1) is 0 Å². The van der Waals surface area contributed by atoms with Crippen LogP contribution in [-0.4, -0.2) is 47.3 Å². The first-order valence-electron chi connectivity index (χ1n) is 6.08. The van der Waals surface area contributed by atoms with Crippen LogP contribution in [0.4, 0.5) is 18.0 Å². The lowest BCUT2D eigenvalue weighted by Gasteiger charge is -2.36. The van der Waals surface area contributed by atoms with Crippen molar-refractivity contribution >= 4 is 12.0 Å². The van der Waals surface area contributed by atoms with Gasteiger partial charge in [-0.05, 0) is 18.8 Å². The van der Waals surface area contributed by atoms with Gasteiger partial charge in [0, 0.05) is 6.54 Å². The van der Waals surface area contributed by atoms with Crippen LogP contribution in [0.5, 0.6) is 0 Å². The maximum Gasteiger partial charge on any atom is 0.405 e. The molecule has 2 atom stereocenters. The first kappa shape index (κ1) is 15.6. The van der Waals surface area contributed by atoms with Crippen LogP contribution < -0.4 is 5.32 Å². The van der Waals surface area contributed by atoms with E-state index in [1.54, 1.807) is 5.32 Å². The highest BCUT2D eigenvalue weighted by molar-refractivity contribution is 5.82. The number of urea groups is 1. The molecule has 0 aliphatic carbocycles. The van der Waals surface area contributed by atoms with Gasteiger partial charge < -0.3 is 15.3 Å². The number of carbonyl (C=O) groups is 2. The van der Waals surface area contributed by atoms with E-state index in [1.165, 1.54) is 0 Å². The number of alkyl halides is 3. The Hall–Kier alpha value is -1.47. The number of hydrogen-bond acceptors (Lipinski definition) is 2. The molecule has 0 spiro atoms. The van der Waals surface area contributed by atoms with E-state index >= 15 is 0 Å². The van der Waals surface area contributed by atoms with Crippen LogP contribution in [0.15, 0.2) is 0 Å². The maximum absolute atomic E-state index is 12.0. The van der Waals surface area contributed by atoms with Crippen LogP contribution in [0.2, 0.25) is 0 Å². The van der Waals surface area contributed by atoms with Crippen LogP contribution in [0.3, 0.4) is 0 Å². The van der Waals surface area contributed by atoms with Crippen LogP contribution >= 0.6 is 0 Å². The molecular formula is C11H17F3N2O3. The second-order valence-electron chi connectivity index (χ2n) is 4.62. The fraction of sp³-hybridized carbons (Fsp3) is 0.818. The summed E-state index contributed by atoms with van der Waals surface area (Å²) in [5.74, 6) is -0.993. The molecule has 0 aromatic heterocycles. The lowest BCUT2D eigenvalue weighted by molar-refractivity contribution is -0.144. The number of halogens is 3. The number of rotatable bonds is 3. The Morgan fingerprint density at radius 3 is 2.53 bits per heavy atom. The normalized spacial score (nSPS) is 24.1. The quantitative estimate of drug-likeness (QED) is 0.829. The second-order valence-corrected chi connectivity index (χ2v) is 4.62. The third kappa shape index (κ3) is 4.60. The summed E-state index contributed by atoms with van der Waals surface area (Å²) in [6.07, 6.45) is -2.82. The lowest BCUT2D eigenvalue weighted by atomic mass is 9.89. The Morgan fingerprint density at radius 1 is 1.42 bits per heavy atom. The van der Waals surface area contributed by atoms with E-state index in [2.05, 4.69) is 0 Å². The molecule has 1 fully saturated rings. The molecule has 0 aromatic carbocycles. The lowest BCUT2D eigenvalue weighted by Crippen LogP contribution is -2.54. The third-order valence-corrected chi connectivity index (χ3v) is 3.27. The van der Waals surface area contributed by atoms with Gasteiger partial charge in [-0.1, -0.05) is 13.3 Å². The second kappa shape index (κ2) is 6.12. The highest BCUT2D eigenvalue weighted by Gasteiger charge is 2.37. The van der Waals surface area contributed by atoms with E-state index in [0.717, 1.165) is 11.3 Å². The number of likely N-dealkylation sites (tertiary alicyclic amines) is 1. The number of piperidine rings is 1. The standard InChI is InChI=1S/C11H17F3N2O3/c1-2-7-3-4-16(8(5-7)9(17)18)10(19)15-6-11(12,13)14/h7-8H,2-6H2,1H3,(H,15,19)(H,17,18). The van der Waals surface area contributed by atoms with Gasteiger partial charge in [0.05, 0.1) is 0 Å². The number of nitrogens with zero attached hydrogens (tertiary/aromatic N) is 1. The van der Waals surface area contributed by atoms with Crippen LogP contribution in [0.25, 0.3) is 0 Å². The molecular weight excluding hydrogens is 265 g/mol. The number of carboxylic acid groups (broad SMARTS) is 1. The Labute approximate surface area is 108 Å². The number of carboxylic acids is 1. The van der Waals surface area contributed by atoms with E-state index < -0.39 is 30.8 Å². The number of nitrogens with one attached hydrogen (secondary N) is 1. The fourth-order valence-electron chi connectivity index (χ4n) is 2.16. The highest BCUT2D eigenvalue weighted by atomic mass is 19.4. The SMILES string of the molecule is CCC1CCN(C(=O)NCC(F)(F)F)C(C(=O)O)C1. The number of aliphatic carboxylic acids is 1. The van der Waals surface area contributed by atoms with E-state index in [-0.39, 0.29) is 18.9 Å². The van der Waals surface area contributed by atoms with Gasteiger partial charge in [0.25, 0.3) is 0 Å². The smallest absolute Gasteiger partial charge is 0.405 e. The molecule has 0 radical (unpaired) electrons. The fourth-order valence-corrected chi connectivity index (χ4v) is 2.16. The van der Waals surface area contributed by atoms with Crippen molar-refractivity contribution in [3.63, 3.8) is 0 Å². The zero-order valence-electron chi connectivity index (χ0n) is 10.5. The minimum Gasteiger partial charge on any atom is -0.480 e. The summed E-state index contributed by atoms with van der Waals surface area (Å²) in [6.45, 7) is 0.633. The Kier molecular flexibility index (Phi) is 5.02. The summed E-state index contributed by atoms with van der Waals surface area (Å²) < 4.78 is 36.0. The van der Waals surface area contributed by atoms with Gasteiger partial charge in [-0.3, -0.25) is 0 Å². The Bertz CT molecular complexity index is 347. The average Bonchev–Trinajstić information content (AvgIpc) is 2.34. The van der Waals surface area contributed by atoms with Crippen molar-refractivity contribution in [1.82, 2.24) is 10.2 Å². The van der Waals surface area contributed by atoms with Gasteiger partial charge in [0.2, 0.25) is 0 Å². The summed E-state index contributed by atoms with van der Waals surface area (Å²) in [7, 11) is 0. The number of amides is 2. The average molecular weight is 282 g/mol. The molecule has 5 nitrogen and oxygen atoms in total. The molecule has 0 saturated carbocycles. The van der Waals surface area contributed by atoms with Crippen molar-refractivity contribution in [3.8, 4) is 0 Å². The van der Waals surface area contributed by atoms with Gasteiger partial charge in [-0.2, -0.15) is 13.2 Å². The maximum atomic E-state index is 12.0. The molecule has 1 rings (SSSR count). The van der Waals surface area contributed by atoms with Crippen molar-refractivity contribution in [2.24, 2.45) is 5.92 Å². The topological polar surface area (TPSA) is 69.6 Å². The zero-order valence-corrected chi connectivity index (χ0v) is 10.5. The molecule has 1 heterocycles. The van der Waals surface area contributed by atoms with Crippen molar-refractivity contribution in [2.75, 3.05) is 13.1 Å². The predicted octanol–water partition coefficient (Wildman–Crippen LogP) is 1.83. The predicted molar refractivity (Wildman–Crippen MR) is 60.6 cm³/mol. The van der Waals surface area contributed by atoms with Gasteiger partial charge in [0.15, 0.2) is 0 Å². The summed E-state index contributed by atoms with van der Waals surface area (Å²) in [6, 6.07) is -2.02. The Balaban J connectivity index is 2.64. The van der Waals surface area contributed by atoms with E-state index in [0.29, 0.717) is 6.42 Å². The molecule has 2 amide bonds. The Morgan fingerprint density at radius 2 is 2.05 bits per heavy atom. The van der Waals surface area contributed by atoms with Gasteiger partial charge >= 0.3 is 18.2 Å². The van der Waals surface area contributed by atoms with Crippen molar-refractivity contribution in [3.05, 3.63) is 0 Å². The zero-order chi connectivity index (χ0) is 14.6. The molecule has 19 heavy (non-hydrogen) atoms. The summed E-state index contributed by atoms with van der Waals surface area (Å²) in [5.41, 5.74) is 0. The molecule has 8 heteroatoms. The van der Waals surface area contributed by atoms with Crippen molar-refractivity contribution in [2.45, 2.75) is 38.4 Å². The molecule has 0 aromatic rings. The van der Waals surface area contributed by atoms with Crippen LogP contribution in [0, 0.1) is 5.92 Å². The van der Waals surface area contributed by atoms with Gasteiger partial charge in [0.1, 0.15) is 12.6 Å². The number of hydrogen-bond donors (Lipinski definition) is 2. The molecule has 1 aliphatic heterocycles. The largest absolute Gasteiger partial charge is 0.480 e. The summed E-state index contributed by atoms with van der Waals surface area (Å²) in [5, 5.41) is 10.8. The molecule has 0 bridgehead atoms. The van der Waals surface area contributed by atoms with E-state index in [4.69, 9.17) is 5.11 Å². The summed E-state index contributed by atoms with van der Waals surface area (Å²) >= 11 is 0. The van der Waals surface area contributed by atoms with E-state index in [9.17, 15) is 22.8 Å². The monoisotopic (exact) mass is 282 g/mol. The molecule has 2 unspecified atom stereocenters. The first-order valence-corrected chi connectivity index (χ1v) is 6.08. The molecule has 1 saturated heterocycles.